The third kappa shape index (κ3) is 1.62. The number of benzene rings is 1. The topological polar surface area (TPSA) is 52.0 Å². The normalized spacial score (nSPS) is 14.6. The minimum Gasteiger partial charge on any atom is -0.367 e. The molecule has 1 heterocycles. The number of aromatic nitrogens is 1. The molecule has 17 heavy (non-hydrogen) atoms. The first-order valence-corrected chi connectivity index (χ1v) is 6.09. The molecule has 0 amide bonds. The summed E-state index contributed by atoms with van der Waals surface area (Å²) in [7, 11) is 0. The fraction of sp³-hybridized carbons (Fsp3) is 0.357. The number of fused-ring (bicyclic) bond motifs is 1. The molecule has 3 heteroatoms. The molecule has 0 radical (unpaired) electrons. The molecule has 1 aromatic carbocycles. The molecule has 2 N–H and O–H groups in total. The molecule has 0 unspecified atom stereocenters. The first kappa shape index (κ1) is 10.4. The Bertz CT molecular complexity index is 557. The molecule has 0 fully saturated rings. The lowest BCUT2D eigenvalue weighted by Gasteiger charge is -2.21. The largest absolute Gasteiger partial charge is 0.367 e. The minimum absolute atomic E-state index is 0.418. The van der Waals surface area contributed by atoms with Crippen LogP contribution in [0.5, 0.6) is 0 Å². The molecule has 0 saturated heterocycles. The highest BCUT2D eigenvalue weighted by Gasteiger charge is 2.18. The van der Waals surface area contributed by atoms with Crippen LogP contribution in [0.3, 0.4) is 0 Å². The van der Waals surface area contributed by atoms with E-state index in [9.17, 15) is 0 Å². The molecule has 1 aromatic heterocycles. The molecule has 3 nitrogen and oxygen atoms in total. The maximum atomic E-state index is 5.81. The van der Waals surface area contributed by atoms with Crippen LogP contribution in [-0.4, -0.2) is 5.16 Å². The van der Waals surface area contributed by atoms with Crippen molar-refractivity contribution >= 4 is 5.88 Å². The van der Waals surface area contributed by atoms with Crippen LogP contribution >= 0.6 is 0 Å². The molecular weight excluding hydrogens is 212 g/mol. The van der Waals surface area contributed by atoms with Crippen LogP contribution in [0, 0.1) is 6.92 Å². The number of nitrogen functional groups attached to an aromatic ring is 1. The number of rotatable bonds is 1. The van der Waals surface area contributed by atoms with E-state index in [-0.39, 0.29) is 0 Å². The molecule has 88 valence electrons. The Hall–Kier alpha value is -1.77. The molecule has 0 bridgehead atoms. The van der Waals surface area contributed by atoms with Gasteiger partial charge in [-0.25, -0.2) is 0 Å². The number of aryl methyl sites for hydroxylation is 1. The Balaban J connectivity index is 2.21. The highest BCUT2D eigenvalue weighted by Crippen LogP contribution is 2.35. The summed E-state index contributed by atoms with van der Waals surface area (Å²) in [6.07, 6.45) is 6.58. The quantitative estimate of drug-likeness (QED) is 0.815. The molecule has 0 saturated carbocycles. The van der Waals surface area contributed by atoms with E-state index in [1.807, 2.05) is 0 Å². The second-order valence-electron chi connectivity index (χ2n) is 4.70. The van der Waals surface area contributed by atoms with Gasteiger partial charge in [0, 0.05) is 0 Å². The highest BCUT2D eigenvalue weighted by molar-refractivity contribution is 5.76. The van der Waals surface area contributed by atoms with Crippen LogP contribution in [0.25, 0.3) is 11.1 Å². The zero-order valence-electron chi connectivity index (χ0n) is 9.99. The fourth-order valence-corrected chi connectivity index (χ4v) is 2.75. The van der Waals surface area contributed by atoms with E-state index >= 15 is 0 Å². The fourth-order valence-electron chi connectivity index (χ4n) is 2.75. The van der Waals surface area contributed by atoms with Crippen molar-refractivity contribution in [1.82, 2.24) is 5.16 Å². The molecule has 1 aliphatic rings. The lowest BCUT2D eigenvalue weighted by atomic mass is 9.84. The molecular formula is C14H16N2O. The number of nitrogens with zero attached hydrogens (tertiary/aromatic N) is 1. The summed E-state index contributed by atoms with van der Waals surface area (Å²) < 4.78 is 4.97. The van der Waals surface area contributed by atoms with E-state index in [1.165, 1.54) is 41.5 Å². The summed E-state index contributed by atoms with van der Waals surface area (Å²) in [4.78, 5) is 0. The van der Waals surface area contributed by atoms with E-state index in [2.05, 4.69) is 24.2 Å². The van der Waals surface area contributed by atoms with Gasteiger partial charge >= 0.3 is 0 Å². The zero-order chi connectivity index (χ0) is 11.8. The van der Waals surface area contributed by atoms with Crippen molar-refractivity contribution in [1.29, 1.82) is 0 Å². The molecule has 0 aliphatic heterocycles. The van der Waals surface area contributed by atoms with Crippen molar-refractivity contribution in [3.63, 3.8) is 0 Å². The molecule has 3 rings (SSSR count). The zero-order valence-corrected chi connectivity index (χ0v) is 9.99. The van der Waals surface area contributed by atoms with Crippen LogP contribution in [0.2, 0.25) is 0 Å². The van der Waals surface area contributed by atoms with E-state index in [0.29, 0.717) is 5.88 Å². The number of anilines is 1. The van der Waals surface area contributed by atoms with Gasteiger partial charge in [0.15, 0.2) is 0 Å². The number of nitrogens with two attached hydrogens (primary N) is 1. The molecule has 0 atom stereocenters. The summed E-state index contributed by atoms with van der Waals surface area (Å²) in [6.45, 7) is 2.19. The predicted octanol–water partition coefficient (Wildman–Crippen LogP) is 3.11. The Morgan fingerprint density at radius 2 is 1.88 bits per heavy atom. The SMILES string of the molecule is Cc1ccc(-c2cnoc2N)c2c1CCCC2. The van der Waals surface area contributed by atoms with Gasteiger partial charge in [-0.3, -0.25) is 0 Å². The van der Waals surface area contributed by atoms with Gasteiger partial charge in [0.05, 0.1) is 11.8 Å². The summed E-state index contributed by atoms with van der Waals surface area (Å²) in [5.41, 5.74) is 12.3. The predicted molar refractivity (Wildman–Crippen MR) is 67.7 cm³/mol. The van der Waals surface area contributed by atoms with E-state index in [1.54, 1.807) is 6.20 Å². The maximum absolute atomic E-state index is 5.81. The van der Waals surface area contributed by atoms with E-state index < -0.39 is 0 Å². The van der Waals surface area contributed by atoms with Crippen molar-refractivity contribution in [2.45, 2.75) is 32.6 Å². The lowest BCUT2D eigenvalue weighted by Crippen LogP contribution is -2.06. The second kappa shape index (κ2) is 3.91. The second-order valence-corrected chi connectivity index (χ2v) is 4.70. The third-order valence-electron chi connectivity index (χ3n) is 3.66. The highest BCUT2D eigenvalue weighted by atomic mass is 16.5. The van der Waals surface area contributed by atoms with Gasteiger partial charge in [0.25, 0.3) is 0 Å². The average Bonchev–Trinajstić information content (AvgIpc) is 2.77. The van der Waals surface area contributed by atoms with Gasteiger partial charge in [-0.15, -0.1) is 0 Å². The minimum atomic E-state index is 0.418. The maximum Gasteiger partial charge on any atom is 0.229 e. The van der Waals surface area contributed by atoms with Crippen molar-refractivity contribution in [3.05, 3.63) is 35.0 Å². The van der Waals surface area contributed by atoms with Crippen molar-refractivity contribution in [3.8, 4) is 11.1 Å². The summed E-state index contributed by atoms with van der Waals surface area (Å²) >= 11 is 0. The Morgan fingerprint density at radius 1 is 1.12 bits per heavy atom. The standard InChI is InChI=1S/C14H16N2O/c1-9-6-7-12(13-8-16-17-14(13)15)11-5-3-2-4-10(9)11/h6-8H,2-5,15H2,1H3. The molecule has 2 aromatic rings. The lowest BCUT2D eigenvalue weighted by molar-refractivity contribution is 0.436. The third-order valence-corrected chi connectivity index (χ3v) is 3.66. The summed E-state index contributed by atoms with van der Waals surface area (Å²) in [6, 6.07) is 4.31. The van der Waals surface area contributed by atoms with Crippen molar-refractivity contribution < 1.29 is 4.52 Å². The van der Waals surface area contributed by atoms with Crippen molar-refractivity contribution in [2.75, 3.05) is 5.73 Å². The number of hydrogen-bond donors (Lipinski definition) is 1. The van der Waals surface area contributed by atoms with Crippen molar-refractivity contribution in [2.24, 2.45) is 0 Å². The monoisotopic (exact) mass is 228 g/mol. The average molecular weight is 228 g/mol. The van der Waals surface area contributed by atoms with Crippen LogP contribution in [0.15, 0.2) is 22.9 Å². The van der Waals surface area contributed by atoms with Crippen LogP contribution in [0.1, 0.15) is 29.5 Å². The van der Waals surface area contributed by atoms with Crippen LogP contribution in [0.4, 0.5) is 5.88 Å². The Kier molecular flexibility index (Phi) is 2.39. The summed E-state index contributed by atoms with van der Waals surface area (Å²) in [5.74, 6) is 0.418. The Morgan fingerprint density at radius 3 is 2.59 bits per heavy atom. The smallest absolute Gasteiger partial charge is 0.229 e. The van der Waals surface area contributed by atoms with Gasteiger partial charge in [-0.2, -0.15) is 0 Å². The first-order chi connectivity index (χ1) is 8.27. The van der Waals surface area contributed by atoms with Gasteiger partial charge in [0.2, 0.25) is 5.88 Å². The van der Waals surface area contributed by atoms with Crippen LogP contribution in [-0.2, 0) is 12.8 Å². The Labute approximate surface area is 101 Å². The van der Waals surface area contributed by atoms with Crippen LogP contribution < -0.4 is 5.73 Å². The summed E-state index contributed by atoms with van der Waals surface area (Å²) in [5, 5.41) is 3.77. The van der Waals surface area contributed by atoms with Gasteiger partial charge in [-0.1, -0.05) is 17.3 Å². The van der Waals surface area contributed by atoms with Gasteiger partial charge < -0.3 is 10.3 Å². The molecule has 1 aliphatic carbocycles. The van der Waals surface area contributed by atoms with Gasteiger partial charge in [0.1, 0.15) is 0 Å². The number of hydrogen-bond acceptors (Lipinski definition) is 3. The van der Waals surface area contributed by atoms with E-state index in [4.69, 9.17) is 10.3 Å². The first-order valence-electron chi connectivity index (χ1n) is 6.09. The molecule has 0 spiro atoms. The van der Waals surface area contributed by atoms with E-state index in [0.717, 1.165) is 12.0 Å². The van der Waals surface area contributed by atoms with Gasteiger partial charge in [-0.05, 0) is 54.9 Å².